The van der Waals surface area contributed by atoms with Crippen LogP contribution in [0.5, 0.6) is 0 Å². The molecule has 1 aliphatic carbocycles. The number of hydrogen-bond acceptors (Lipinski definition) is 5. The average Bonchev–Trinajstić information content (AvgIpc) is 2.85. The Kier molecular flexibility index (Phi) is 6.18. The summed E-state index contributed by atoms with van der Waals surface area (Å²) in [6.45, 7) is 9.01. The standard InChI is InChI=1S/C20H24O6/c1-5-12(3)19(23)25-16-10-14(18(21)22)8-6-7-11(2)9-15-17(16)13(4)20(24)26-15/h5,8-9,15-17H,4,6-7,10H2,1-3H3,(H,21,22)/b11-9-,12-5-,14-8+/t15-,16?,17+/m1/s1. The predicted molar refractivity (Wildman–Crippen MR) is 95.1 cm³/mol. The van der Waals surface area contributed by atoms with Gasteiger partial charge in [-0.1, -0.05) is 24.3 Å². The minimum absolute atomic E-state index is 0.0121. The molecule has 0 aromatic carbocycles. The van der Waals surface area contributed by atoms with Crippen LogP contribution in [0.4, 0.5) is 0 Å². The Morgan fingerprint density at radius 1 is 1.42 bits per heavy atom. The van der Waals surface area contributed by atoms with E-state index in [9.17, 15) is 19.5 Å². The lowest BCUT2D eigenvalue weighted by atomic mass is 9.85. The zero-order chi connectivity index (χ0) is 19.4. The summed E-state index contributed by atoms with van der Waals surface area (Å²) in [4.78, 5) is 35.9. The molecule has 1 heterocycles. The molecule has 6 heteroatoms. The van der Waals surface area contributed by atoms with Crippen molar-refractivity contribution in [3.8, 4) is 0 Å². The number of carbonyl (C=O) groups is 3. The van der Waals surface area contributed by atoms with Crippen molar-refractivity contribution in [1.29, 1.82) is 0 Å². The van der Waals surface area contributed by atoms with Gasteiger partial charge in [0.05, 0.1) is 5.92 Å². The molecule has 2 rings (SSSR count). The first-order valence-corrected chi connectivity index (χ1v) is 8.57. The Balaban J connectivity index is 2.46. The lowest BCUT2D eigenvalue weighted by Crippen LogP contribution is -2.34. The van der Waals surface area contributed by atoms with Gasteiger partial charge in [-0.05, 0) is 39.7 Å². The van der Waals surface area contributed by atoms with Gasteiger partial charge in [0.1, 0.15) is 12.2 Å². The van der Waals surface area contributed by atoms with Crippen LogP contribution in [0.2, 0.25) is 0 Å². The maximum absolute atomic E-state index is 12.3. The molecular formula is C20H24O6. The highest BCUT2D eigenvalue weighted by atomic mass is 16.6. The average molecular weight is 360 g/mol. The van der Waals surface area contributed by atoms with Crippen LogP contribution in [-0.4, -0.2) is 35.2 Å². The highest BCUT2D eigenvalue weighted by Crippen LogP contribution is 2.36. The van der Waals surface area contributed by atoms with E-state index in [1.807, 2.05) is 13.0 Å². The predicted octanol–water partition coefficient (Wildman–Crippen LogP) is 3.10. The molecule has 1 N–H and O–H groups in total. The van der Waals surface area contributed by atoms with Crippen LogP contribution in [0.15, 0.2) is 47.1 Å². The summed E-state index contributed by atoms with van der Waals surface area (Å²) in [6.07, 6.45) is 4.81. The first-order valence-electron chi connectivity index (χ1n) is 8.57. The van der Waals surface area contributed by atoms with Crippen LogP contribution in [0.25, 0.3) is 0 Å². The van der Waals surface area contributed by atoms with Crippen molar-refractivity contribution in [3.63, 3.8) is 0 Å². The third-order valence-electron chi connectivity index (χ3n) is 4.75. The molecule has 3 atom stereocenters. The molecule has 1 fully saturated rings. The quantitative estimate of drug-likeness (QED) is 0.472. The van der Waals surface area contributed by atoms with Crippen molar-refractivity contribution in [2.75, 3.05) is 0 Å². The fourth-order valence-electron chi connectivity index (χ4n) is 3.08. The Hall–Kier alpha value is -2.63. The zero-order valence-electron chi connectivity index (χ0n) is 15.3. The second kappa shape index (κ2) is 8.17. The zero-order valence-corrected chi connectivity index (χ0v) is 15.3. The molecule has 0 saturated carbocycles. The van der Waals surface area contributed by atoms with Gasteiger partial charge in [-0.2, -0.15) is 0 Å². The number of allylic oxidation sites excluding steroid dienone is 3. The summed E-state index contributed by atoms with van der Waals surface area (Å²) in [7, 11) is 0. The van der Waals surface area contributed by atoms with Crippen LogP contribution >= 0.6 is 0 Å². The summed E-state index contributed by atoms with van der Waals surface area (Å²) < 4.78 is 11.0. The maximum atomic E-state index is 12.3. The Labute approximate surface area is 152 Å². The number of hydrogen-bond donors (Lipinski definition) is 1. The fourth-order valence-corrected chi connectivity index (χ4v) is 3.08. The lowest BCUT2D eigenvalue weighted by Gasteiger charge is -2.27. The van der Waals surface area contributed by atoms with Gasteiger partial charge in [0.15, 0.2) is 0 Å². The number of carbonyl (C=O) groups excluding carboxylic acids is 2. The minimum atomic E-state index is -1.07. The molecular weight excluding hydrogens is 336 g/mol. The summed E-state index contributed by atoms with van der Waals surface area (Å²) in [5, 5.41) is 9.49. The summed E-state index contributed by atoms with van der Waals surface area (Å²) in [5.74, 6) is -2.78. The van der Waals surface area contributed by atoms with Crippen molar-refractivity contribution < 1.29 is 29.0 Å². The van der Waals surface area contributed by atoms with Gasteiger partial charge >= 0.3 is 17.9 Å². The molecule has 0 spiro atoms. The van der Waals surface area contributed by atoms with Crippen molar-refractivity contribution >= 4 is 17.9 Å². The monoisotopic (exact) mass is 360 g/mol. The van der Waals surface area contributed by atoms with Crippen molar-refractivity contribution in [3.05, 3.63) is 47.1 Å². The fraction of sp³-hybridized carbons (Fsp3) is 0.450. The number of esters is 2. The van der Waals surface area contributed by atoms with Crippen molar-refractivity contribution in [2.24, 2.45) is 5.92 Å². The molecule has 0 aromatic rings. The van der Waals surface area contributed by atoms with Crippen molar-refractivity contribution in [1.82, 2.24) is 0 Å². The molecule has 1 unspecified atom stereocenters. The Morgan fingerprint density at radius 2 is 2.12 bits per heavy atom. The Bertz CT molecular complexity index is 725. The number of rotatable bonds is 3. The van der Waals surface area contributed by atoms with E-state index >= 15 is 0 Å². The summed E-state index contributed by atoms with van der Waals surface area (Å²) >= 11 is 0. The van der Waals surface area contributed by atoms with E-state index in [2.05, 4.69) is 6.58 Å². The molecule has 26 heavy (non-hydrogen) atoms. The van der Waals surface area contributed by atoms with E-state index < -0.39 is 36.0 Å². The topological polar surface area (TPSA) is 89.9 Å². The molecule has 1 aliphatic heterocycles. The number of carboxylic acids is 1. The molecule has 0 amide bonds. The molecule has 0 aromatic heterocycles. The van der Waals surface area contributed by atoms with Crippen LogP contribution in [0, 0.1) is 5.92 Å². The minimum Gasteiger partial charge on any atom is -0.478 e. The lowest BCUT2D eigenvalue weighted by molar-refractivity contribution is -0.148. The van der Waals surface area contributed by atoms with Crippen LogP contribution in [0.1, 0.15) is 40.0 Å². The molecule has 6 nitrogen and oxygen atoms in total. The van der Waals surface area contributed by atoms with E-state index in [1.54, 1.807) is 26.0 Å². The smallest absolute Gasteiger partial charge is 0.334 e. The molecule has 2 aliphatic rings. The largest absolute Gasteiger partial charge is 0.478 e. The molecule has 1 saturated heterocycles. The summed E-state index contributed by atoms with van der Waals surface area (Å²) in [5.41, 5.74) is 1.73. The van der Waals surface area contributed by atoms with Gasteiger partial charge in [-0.3, -0.25) is 0 Å². The maximum Gasteiger partial charge on any atom is 0.334 e. The molecule has 0 radical (unpaired) electrons. The van der Waals surface area contributed by atoms with Crippen LogP contribution < -0.4 is 0 Å². The SMILES string of the molecule is C=C1C(=O)O[C@@H]2/C=C(/C)CC/C=C(/C(=O)O)CC(OC(=O)/C(C)=C\C)[C@@H]12. The van der Waals surface area contributed by atoms with E-state index in [-0.39, 0.29) is 17.6 Å². The normalized spacial score (nSPS) is 31.0. The Morgan fingerprint density at radius 3 is 2.73 bits per heavy atom. The highest BCUT2D eigenvalue weighted by molar-refractivity contribution is 5.92. The van der Waals surface area contributed by atoms with Crippen LogP contribution in [-0.2, 0) is 23.9 Å². The van der Waals surface area contributed by atoms with Gasteiger partial charge in [0.2, 0.25) is 0 Å². The molecule has 0 bridgehead atoms. The van der Waals surface area contributed by atoms with E-state index in [0.717, 1.165) is 5.57 Å². The first-order chi connectivity index (χ1) is 12.2. The highest BCUT2D eigenvalue weighted by Gasteiger charge is 2.45. The number of fused-ring (bicyclic) bond motifs is 1. The molecule has 140 valence electrons. The van der Waals surface area contributed by atoms with Gasteiger partial charge < -0.3 is 14.6 Å². The third-order valence-corrected chi connectivity index (χ3v) is 4.75. The van der Waals surface area contributed by atoms with Crippen LogP contribution in [0.3, 0.4) is 0 Å². The van der Waals surface area contributed by atoms with Gasteiger partial charge in [0.25, 0.3) is 0 Å². The number of ether oxygens (including phenoxy) is 2. The van der Waals surface area contributed by atoms with Gasteiger partial charge in [0, 0.05) is 23.1 Å². The second-order valence-corrected chi connectivity index (χ2v) is 6.63. The van der Waals surface area contributed by atoms with Crippen molar-refractivity contribution in [2.45, 2.75) is 52.2 Å². The van der Waals surface area contributed by atoms with E-state index in [0.29, 0.717) is 18.4 Å². The summed E-state index contributed by atoms with van der Waals surface area (Å²) in [6, 6.07) is 0. The number of aliphatic carboxylic acids is 1. The van der Waals surface area contributed by atoms with E-state index in [1.165, 1.54) is 0 Å². The second-order valence-electron chi connectivity index (χ2n) is 6.63. The van der Waals surface area contributed by atoms with E-state index in [4.69, 9.17) is 9.47 Å². The number of carboxylic acid groups (broad SMARTS) is 1. The third kappa shape index (κ3) is 4.31. The first kappa shape index (κ1) is 19.7. The van der Waals surface area contributed by atoms with Gasteiger partial charge in [-0.25, -0.2) is 14.4 Å². The van der Waals surface area contributed by atoms with Gasteiger partial charge in [-0.15, -0.1) is 0 Å².